The van der Waals surface area contributed by atoms with E-state index < -0.39 is 0 Å². The molecule has 3 heteroatoms. The second-order valence-corrected chi connectivity index (χ2v) is 6.98. The predicted molar refractivity (Wildman–Crippen MR) is 94.0 cm³/mol. The van der Waals surface area contributed by atoms with E-state index in [2.05, 4.69) is 50.2 Å². The molecule has 0 heterocycles. The van der Waals surface area contributed by atoms with E-state index in [9.17, 15) is 0 Å². The van der Waals surface area contributed by atoms with Crippen LogP contribution < -0.4 is 5.32 Å². The van der Waals surface area contributed by atoms with Crippen LogP contribution in [0.25, 0.3) is 0 Å². The Bertz CT molecular complexity index is 408. The Labute approximate surface area is 135 Å². The van der Waals surface area contributed by atoms with Crippen LogP contribution in [0.15, 0.2) is 24.3 Å². The van der Waals surface area contributed by atoms with Crippen LogP contribution in [0.2, 0.25) is 5.02 Å². The van der Waals surface area contributed by atoms with Crippen LogP contribution >= 0.6 is 11.6 Å². The fourth-order valence-corrected chi connectivity index (χ4v) is 3.26. The lowest BCUT2D eigenvalue weighted by molar-refractivity contribution is 0.168. The van der Waals surface area contributed by atoms with E-state index in [1.54, 1.807) is 0 Å². The van der Waals surface area contributed by atoms with Gasteiger partial charge in [-0.25, -0.2) is 0 Å². The third-order valence-corrected chi connectivity index (χ3v) is 4.06. The van der Waals surface area contributed by atoms with E-state index in [4.69, 9.17) is 11.6 Å². The fraction of sp³-hybridized carbons (Fsp3) is 0.667. The number of nitrogens with zero attached hydrogens (tertiary/aromatic N) is 1. The van der Waals surface area contributed by atoms with Crippen LogP contribution in [0.3, 0.4) is 0 Å². The quantitative estimate of drug-likeness (QED) is 0.636. The van der Waals surface area contributed by atoms with E-state index in [1.165, 1.54) is 24.8 Å². The summed E-state index contributed by atoms with van der Waals surface area (Å²) in [6.45, 7) is 11.1. The Morgan fingerprint density at radius 2 is 2.00 bits per heavy atom. The lowest BCUT2D eigenvalue weighted by atomic mass is 9.84. The van der Waals surface area contributed by atoms with Crippen molar-refractivity contribution >= 4 is 11.6 Å². The summed E-state index contributed by atoms with van der Waals surface area (Å²) in [5, 5.41) is 4.41. The van der Waals surface area contributed by atoms with E-state index in [1.807, 2.05) is 12.1 Å². The summed E-state index contributed by atoms with van der Waals surface area (Å²) in [4.78, 5) is 2.41. The van der Waals surface area contributed by atoms with E-state index >= 15 is 0 Å². The lowest BCUT2D eigenvalue weighted by Gasteiger charge is -2.34. The number of benzene rings is 1. The molecule has 0 spiro atoms. The Morgan fingerprint density at radius 3 is 2.62 bits per heavy atom. The van der Waals surface area contributed by atoms with Gasteiger partial charge in [0.15, 0.2) is 0 Å². The Morgan fingerprint density at radius 1 is 1.24 bits per heavy atom. The lowest BCUT2D eigenvalue weighted by Crippen LogP contribution is -2.41. The van der Waals surface area contributed by atoms with Gasteiger partial charge in [-0.2, -0.15) is 0 Å². The van der Waals surface area contributed by atoms with Crippen LogP contribution in [-0.4, -0.2) is 31.6 Å². The van der Waals surface area contributed by atoms with E-state index in [-0.39, 0.29) is 0 Å². The summed E-state index contributed by atoms with van der Waals surface area (Å²) in [6, 6.07) is 8.17. The van der Waals surface area contributed by atoms with Crippen molar-refractivity contribution in [2.45, 2.75) is 46.6 Å². The minimum atomic E-state index is 0.331. The minimum Gasteiger partial charge on any atom is -0.316 e. The van der Waals surface area contributed by atoms with Crippen LogP contribution in [-0.2, 0) is 6.54 Å². The number of rotatable bonds is 10. The third kappa shape index (κ3) is 7.30. The van der Waals surface area contributed by atoms with Gasteiger partial charge in [0.1, 0.15) is 0 Å². The molecule has 1 unspecified atom stereocenters. The highest BCUT2D eigenvalue weighted by molar-refractivity contribution is 6.30. The summed E-state index contributed by atoms with van der Waals surface area (Å²) >= 11 is 6.07. The van der Waals surface area contributed by atoms with E-state index in [0.717, 1.165) is 31.2 Å². The van der Waals surface area contributed by atoms with Gasteiger partial charge in [0, 0.05) is 24.7 Å². The predicted octanol–water partition coefficient (Wildman–Crippen LogP) is 4.58. The maximum Gasteiger partial charge on any atom is 0.0409 e. The van der Waals surface area contributed by atoms with Gasteiger partial charge < -0.3 is 10.2 Å². The standard InChI is InChI=1S/C18H31ClN2/c1-5-10-18(3,14-20-11-6-2)15-21(4)13-16-8-7-9-17(19)12-16/h7-9,12,20H,5-6,10-11,13-15H2,1-4H3. The average molecular weight is 311 g/mol. The molecule has 21 heavy (non-hydrogen) atoms. The van der Waals surface area contributed by atoms with Crippen molar-refractivity contribution in [3.8, 4) is 0 Å². The highest BCUT2D eigenvalue weighted by Crippen LogP contribution is 2.24. The molecule has 0 aromatic heterocycles. The number of hydrogen-bond acceptors (Lipinski definition) is 2. The Balaban J connectivity index is 2.56. The molecule has 2 nitrogen and oxygen atoms in total. The zero-order valence-electron chi connectivity index (χ0n) is 14.1. The molecular weight excluding hydrogens is 280 g/mol. The summed E-state index contributed by atoms with van der Waals surface area (Å²) in [7, 11) is 2.20. The van der Waals surface area contributed by atoms with Crippen LogP contribution in [0.4, 0.5) is 0 Å². The molecule has 0 fully saturated rings. The molecule has 0 aliphatic heterocycles. The van der Waals surface area contributed by atoms with Crippen molar-refractivity contribution in [2.24, 2.45) is 5.41 Å². The molecule has 0 saturated heterocycles. The first kappa shape index (κ1) is 18.5. The Hall–Kier alpha value is -0.570. The highest BCUT2D eigenvalue weighted by Gasteiger charge is 2.24. The molecule has 0 bridgehead atoms. The molecule has 1 aromatic rings. The number of hydrogen-bond donors (Lipinski definition) is 1. The topological polar surface area (TPSA) is 15.3 Å². The molecule has 1 rings (SSSR count). The monoisotopic (exact) mass is 310 g/mol. The summed E-state index contributed by atoms with van der Waals surface area (Å²) in [6.07, 6.45) is 3.68. The number of halogens is 1. The summed E-state index contributed by atoms with van der Waals surface area (Å²) < 4.78 is 0. The normalized spacial score (nSPS) is 14.4. The van der Waals surface area contributed by atoms with E-state index in [0.29, 0.717) is 5.41 Å². The maximum atomic E-state index is 6.07. The molecule has 0 aliphatic rings. The maximum absolute atomic E-state index is 6.07. The van der Waals surface area contributed by atoms with Crippen molar-refractivity contribution in [1.82, 2.24) is 10.2 Å². The van der Waals surface area contributed by atoms with Crippen LogP contribution in [0.5, 0.6) is 0 Å². The van der Waals surface area contributed by atoms with Crippen LogP contribution in [0, 0.1) is 5.41 Å². The highest BCUT2D eigenvalue weighted by atomic mass is 35.5. The first-order chi connectivity index (χ1) is 9.99. The fourth-order valence-electron chi connectivity index (χ4n) is 3.05. The first-order valence-electron chi connectivity index (χ1n) is 8.13. The van der Waals surface area contributed by atoms with Gasteiger partial charge in [-0.05, 0) is 49.5 Å². The molecule has 120 valence electrons. The smallest absolute Gasteiger partial charge is 0.0409 e. The zero-order valence-corrected chi connectivity index (χ0v) is 14.8. The van der Waals surface area contributed by atoms with Gasteiger partial charge >= 0.3 is 0 Å². The first-order valence-corrected chi connectivity index (χ1v) is 8.50. The van der Waals surface area contributed by atoms with Crippen molar-refractivity contribution in [3.05, 3.63) is 34.9 Å². The van der Waals surface area contributed by atoms with Crippen molar-refractivity contribution in [2.75, 3.05) is 26.7 Å². The average Bonchev–Trinajstić information content (AvgIpc) is 2.38. The molecule has 1 aromatic carbocycles. The SMILES string of the molecule is CCCNCC(C)(CCC)CN(C)Cc1cccc(Cl)c1. The van der Waals surface area contributed by atoms with Gasteiger partial charge in [0.25, 0.3) is 0 Å². The van der Waals surface area contributed by atoms with Gasteiger partial charge in [-0.15, -0.1) is 0 Å². The zero-order chi connectivity index (χ0) is 15.7. The summed E-state index contributed by atoms with van der Waals surface area (Å²) in [5.74, 6) is 0. The molecule has 0 radical (unpaired) electrons. The molecule has 0 aliphatic carbocycles. The second kappa shape index (κ2) is 9.45. The van der Waals surface area contributed by atoms with Gasteiger partial charge in [0.05, 0.1) is 0 Å². The van der Waals surface area contributed by atoms with Crippen molar-refractivity contribution in [3.63, 3.8) is 0 Å². The minimum absolute atomic E-state index is 0.331. The molecule has 0 saturated carbocycles. The van der Waals surface area contributed by atoms with Gasteiger partial charge in [0.2, 0.25) is 0 Å². The molecular formula is C18H31ClN2. The largest absolute Gasteiger partial charge is 0.316 e. The van der Waals surface area contributed by atoms with Crippen molar-refractivity contribution < 1.29 is 0 Å². The number of nitrogens with one attached hydrogen (secondary N) is 1. The third-order valence-electron chi connectivity index (χ3n) is 3.83. The van der Waals surface area contributed by atoms with Gasteiger partial charge in [-0.1, -0.05) is 50.9 Å². The Kier molecular flexibility index (Phi) is 8.31. The molecule has 1 N–H and O–H groups in total. The molecule has 1 atom stereocenters. The summed E-state index contributed by atoms with van der Waals surface area (Å²) in [5.41, 5.74) is 1.61. The van der Waals surface area contributed by atoms with Crippen molar-refractivity contribution in [1.29, 1.82) is 0 Å². The van der Waals surface area contributed by atoms with Gasteiger partial charge in [-0.3, -0.25) is 0 Å². The molecule has 0 amide bonds. The van der Waals surface area contributed by atoms with Crippen LogP contribution in [0.1, 0.15) is 45.6 Å². The second-order valence-electron chi connectivity index (χ2n) is 6.54.